The van der Waals surface area contributed by atoms with Gasteiger partial charge in [-0.2, -0.15) is 0 Å². The topological polar surface area (TPSA) is 80.5 Å². The van der Waals surface area contributed by atoms with Gasteiger partial charge >= 0.3 is 0 Å². The van der Waals surface area contributed by atoms with Gasteiger partial charge in [0.1, 0.15) is 0 Å². The summed E-state index contributed by atoms with van der Waals surface area (Å²) in [5, 5.41) is 12.4. The second-order valence-electron chi connectivity index (χ2n) is 8.44. The normalized spacial score (nSPS) is 36.1. The fourth-order valence-corrected chi connectivity index (χ4v) is 6.40. The lowest BCUT2D eigenvalue weighted by molar-refractivity contribution is -0.383. The zero-order chi connectivity index (χ0) is 18.4. The first-order valence-electron chi connectivity index (χ1n) is 9.62. The highest BCUT2D eigenvalue weighted by Gasteiger charge is 2.68. The summed E-state index contributed by atoms with van der Waals surface area (Å²) in [7, 11) is 0. The molecule has 7 rings (SSSR count). The highest BCUT2D eigenvalue weighted by atomic mass is 16.6. The summed E-state index contributed by atoms with van der Waals surface area (Å²) in [5.41, 5.74) is 0.487. The molecule has 2 aromatic carbocycles. The molecule has 1 saturated heterocycles. The maximum atomic E-state index is 13.3. The van der Waals surface area contributed by atoms with Crippen LogP contribution in [0, 0.1) is 45.6 Å². The molecule has 4 aliphatic carbocycles. The van der Waals surface area contributed by atoms with Gasteiger partial charge in [-0.25, -0.2) is 4.90 Å². The van der Waals surface area contributed by atoms with Gasteiger partial charge in [-0.15, -0.1) is 0 Å². The fraction of sp³-hybridized carbons (Fsp3) is 0.429. The average molecular weight is 362 g/mol. The molecule has 5 fully saturated rings. The number of nitro benzene ring substituents is 1. The summed E-state index contributed by atoms with van der Waals surface area (Å²) < 4.78 is 0. The number of amides is 2. The van der Waals surface area contributed by atoms with Crippen molar-refractivity contribution in [3.8, 4) is 0 Å². The van der Waals surface area contributed by atoms with Crippen LogP contribution in [0.3, 0.4) is 0 Å². The predicted molar refractivity (Wildman–Crippen MR) is 97.9 cm³/mol. The molecule has 4 saturated carbocycles. The maximum absolute atomic E-state index is 13.3. The summed E-state index contributed by atoms with van der Waals surface area (Å²) in [5.74, 6) is 1.40. The van der Waals surface area contributed by atoms with Crippen molar-refractivity contribution in [2.75, 3.05) is 4.90 Å². The van der Waals surface area contributed by atoms with Crippen molar-refractivity contribution >= 4 is 34.0 Å². The highest BCUT2D eigenvalue weighted by molar-refractivity contribution is 6.25. The first-order chi connectivity index (χ1) is 13.1. The van der Waals surface area contributed by atoms with E-state index in [0.717, 1.165) is 12.8 Å². The molecule has 1 heterocycles. The van der Waals surface area contributed by atoms with Crippen LogP contribution in [-0.2, 0) is 9.59 Å². The van der Waals surface area contributed by atoms with E-state index in [9.17, 15) is 19.7 Å². The molecule has 0 aromatic heterocycles. The summed E-state index contributed by atoms with van der Waals surface area (Å²) in [4.78, 5) is 39.0. The Bertz CT molecular complexity index is 1010. The number of hydrogen-bond donors (Lipinski definition) is 0. The Balaban J connectivity index is 1.51. The highest BCUT2D eigenvalue weighted by Crippen LogP contribution is 2.68. The van der Waals surface area contributed by atoms with E-state index < -0.39 is 4.92 Å². The Morgan fingerprint density at radius 3 is 2.04 bits per heavy atom. The molecular formula is C21H18N2O4. The van der Waals surface area contributed by atoms with Crippen LogP contribution in [0.2, 0.25) is 0 Å². The van der Waals surface area contributed by atoms with Crippen molar-refractivity contribution in [2.45, 2.75) is 19.3 Å². The van der Waals surface area contributed by atoms with Gasteiger partial charge < -0.3 is 0 Å². The molecule has 6 heteroatoms. The predicted octanol–water partition coefficient (Wildman–Crippen LogP) is 3.53. The van der Waals surface area contributed by atoms with Gasteiger partial charge in [0.05, 0.1) is 27.8 Å². The Labute approximate surface area is 155 Å². The lowest BCUT2D eigenvalue weighted by Gasteiger charge is -2.42. The van der Waals surface area contributed by atoms with Crippen LogP contribution < -0.4 is 4.90 Å². The number of non-ortho nitro benzene ring substituents is 1. The number of carbonyl (C=O) groups is 2. The van der Waals surface area contributed by atoms with Crippen LogP contribution in [0.5, 0.6) is 0 Å². The number of nitro groups is 1. The molecule has 2 bridgehead atoms. The van der Waals surface area contributed by atoms with Crippen molar-refractivity contribution in [3.05, 3.63) is 46.5 Å². The van der Waals surface area contributed by atoms with E-state index in [1.54, 1.807) is 30.3 Å². The number of fused-ring (bicyclic) bond motifs is 2. The molecule has 0 radical (unpaired) electrons. The third-order valence-electron chi connectivity index (χ3n) is 7.46. The van der Waals surface area contributed by atoms with Crippen LogP contribution in [0.4, 0.5) is 11.4 Å². The number of rotatable bonds is 2. The second kappa shape index (κ2) is 4.94. The Kier molecular flexibility index (Phi) is 2.80. The molecule has 0 unspecified atom stereocenters. The monoisotopic (exact) mass is 362 g/mol. The SMILES string of the molecule is O=C1[C@@H]2[C@@H]3CC[C@@H]([C@H]4C[C@H]43)[C@@H]2C(=O)N1c1ccc([N+](=O)[O-])c2ccccc12. The van der Waals surface area contributed by atoms with Crippen LogP contribution in [0.15, 0.2) is 36.4 Å². The minimum atomic E-state index is -0.423. The van der Waals surface area contributed by atoms with Crippen molar-refractivity contribution in [3.63, 3.8) is 0 Å². The molecule has 5 aliphatic rings. The first kappa shape index (κ1) is 15.3. The lowest BCUT2D eigenvalue weighted by Crippen LogP contribution is -2.43. The lowest BCUT2D eigenvalue weighted by atomic mass is 9.59. The number of imide groups is 1. The summed E-state index contributed by atoms with van der Waals surface area (Å²) in [6, 6.07) is 9.93. The Hall–Kier alpha value is -2.76. The summed E-state index contributed by atoms with van der Waals surface area (Å²) in [6.45, 7) is 0. The van der Waals surface area contributed by atoms with Crippen molar-refractivity contribution in [1.29, 1.82) is 0 Å². The number of anilines is 1. The smallest absolute Gasteiger partial charge is 0.274 e. The average Bonchev–Trinajstić information content (AvgIpc) is 3.45. The third kappa shape index (κ3) is 1.80. The molecule has 1 aliphatic heterocycles. The van der Waals surface area contributed by atoms with E-state index in [-0.39, 0.29) is 29.3 Å². The van der Waals surface area contributed by atoms with E-state index >= 15 is 0 Å². The molecular weight excluding hydrogens is 344 g/mol. The van der Waals surface area contributed by atoms with Crippen molar-refractivity contribution < 1.29 is 14.5 Å². The molecule has 0 spiro atoms. The minimum Gasteiger partial charge on any atom is -0.274 e. The molecule has 136 valence electrons. The van der Waals surface area contributed by atoms with Crippen LogP contribution >= 0.6 is 0 Å². The fourth-order valence-electron chi connectivity index (χ4n) is 6.40. The molecule has 2 aromatic rings. The van der Waals surface area contributed by atoms with E-state index in [1.165, 1.54) is 17.4 Å². The molecule has 27 heavy (non-hydrogen) atoms. The van der Waals surface area contributed by atoms with Crippen LogP contribution in [0.25, 0.3) is 10.8 Å². The quantitative estimate of drug-likeness (QED) is 0.465. The van der Waals surface area contributed by atoms with Crippen molar-refractivity contribution in [1.82, 2.24) is 0 Å². The van der Waals surface area contributed by atoms with E-state index in [4.69, 9.17) is 0 Å². The van der Waals surface area contributed by atoms with Crippen LogP contribution in [-0.4, -0.2) is 16.7 Å². The van der Waals surface area contributed by atoms with Gasteiger partial charge in [-0.05, 0) is 55.1 Å². The Morgan fingerprint density at radius 1 is 0.852 bits per heavy atom. The van der Waals surface area contributed by atoms with Gasteiger partial charge in [0.25, 0.3) is 5.69 Å². The standard InChI is InChI=1S/C21H18N2O4/c24-20-18-12-5-6-13(15-9-14(12)15)19(18)21(25)22(20)16-7-8-17(23(26)27)11-4-2-1-3-10(11)16/h1-4,7-8,12-15,18-19H,5-6,9H2/t12-,13+,14+,15-,18-,19+. The largest absolute Gasteiger partial charge is 0.277 e. The first-order valence-corrected chi connectivity index (χ1v) is 9.62. The van der Waals surface area contributed by atoms with E-state index in [2.05, 4.69) is 0 Å². The zero-order valence-electron chi connectivity index (χ0n) is 14.6. The second-order valence-corrected chi connectivity index (χ2v) is 8.44. The summed E-state index contributed by atoms with van der Waals surface area (Å²) >= 11 is 0. The third-order valence-corrected chi connectivity index (χ3v) is 7.46. The maximum Gasteiger partial charge on any atom is 0.277 e. The van der Waals surface area contributed by atoms with Gasteiger partial charge in [0.2, 0.25) is 11.8 Å². The van der Waals surface area contributed by atoms with Gasteiger partial charge in [0.15, 0.2) is 0 Å². The molecule has 6 atom stereocenters. The van der Waals surface area contributed by atoms with Crippen molar-refractivity contribution in [2.24, 2.45) is 35.5 Å². The number of nitrogens with zero attached hydrogens (tertiary/aromatic N) is 2. The minimum absolute atomic E-state index is 0.00725. The van der Waals surface area contributed by atoms with Crippen LogP contribution in [0.1, 0.15) is 19.3 Å². The van der Waals surface area contributed by atoms with Gasteiger partial charge in [-0.3, -0.25) is 19.7 Å². The number of benzene rings is 2. The van der Waals surface area contributed by atoms with Gasteiger partial charge in [0, 0.05) is 11.5 Å². The van der Waals surface area contributed by atoms with E-state index in [0.29, 0.717) is 40.1 Å². The number of carbonyl (C=O) groups excluding carboxylic acids is 2. The molecule has 6 nitrogen and oxygen atoms in total. The molecule has 0 N–H and O–H groups in total. The van der Waals surface area contributed by atoms with Gasteiger partial charge in [-0.1, -0.05) is 18.2 Å². The summed E-state index contributed by atoms with van der Waals surface area (Å²) in [6.07, 6.45) is 3.30. The zero-order valence-corrected chi connectivity index (χ0v) is 14.6. The molecule has 2 amide bonds. The number of hydrogen-bond acceptors (Lipinski definition) is 4. The Morgan fingerprint density at radius 2 is 1.44 bits per heavy atom. The van der Waals surface area contributed by atoms with E-state index in [1.807, 2.05) is 0 Å².